The summed E-state index contributed by atoms with van der Waals surface area (Å²) in [6.45, 7) is 3.82. The van der Waals surface area contributed by atoms with Crippen molar-refractivity contribution in [3.8, 4) is 0 Å². The minimum atomic E-state index is -0.900. The summed E-state index contributed by atoms with van der Waals surface area (Å²) in [5.41, 5.74) is 4.99. The second-order valence-electron chi connectivity index (χ2n) is 6.36. The molecule has 1 aromatic carbocycles. The summed E-state index contributed by atoms with van der Waals surface area (Å²) < 4.78 is 0. The number of aromatic nitrogens is 1. The molecule has 1 atom stereocenters. The van der Waals surface area contributed by atoms with Crippen LogP contribution in [-0.2, 0) is 4.79 Å². The number of para-hydroxylation sites is 1. The van der Waals surface area contributed by atoms with Crippen molar-refractivity contribution in [1.82, 2.24) is 10.3 Å². The fourth-order valence-corrected chi connectivity index (χ4v) is 4.77. The van der Waals surface area contributed by atoms with E-state index in [1.54, 1.807) is 24.2 Å². The van der Waals surface area contributed by atoms with Gasteiger partial charge in [0.2, 0.25) is 0 Å². The van der Waals surface area contributed by atoms with E-state index < -0.39 is 5.97 Å². The fraction of sp³-hybridized carbons (Fsp3) is 0.200. The summed E-state index contributed by atoms with van der Waals surface area (Å²) in [6.07, 6.45) is 3.52. The molecule has 0 fully saturated rings. The molecular formula is C20H19N3O2S. The van der Waals surface area contributed by atoms with Crippen LogP contribution in [0, 0.1) is 0 Å². The number of carbonyl (C=O) groups is 1. The number of allylic oxidation sites excluding steroid dienone is 2. The molecule has 0 bridgehead atoms. The third-order valence-electron chi connectivity index (χ3n) is 4.78. The van der Waals surface area contributed by atoms with Crippen LogP contribution in [0.3, 0.4) is 0 Å². The van der Waals surface area contributed by atoms with Gasteiger partial charge in [0.05, 0.1) is 23.2 Å². The number of anilines is 1. The lowest BCUT2D eigenvalue weighted by Gasteiger charge is -2.37. The molecule has 132 valence electrons. The minimum Gasteiger partial charge on any atom is -0.478 e. The van der Waals surface area contributed by atoms with Crippen molar-refractivity contribution in [2.75, 3.05) is 10.8 Å². The van der Waals surface area contributed by atoms with E-state index in [0.29, 0.717) is 17.1 Å². The van der Waals surface area contributed by atoms with E-state index in [9.17, 15) is 9.90 Å². The topological polar surface area (TPSA) is 65.5 Å². The van der Waals surface area contributed by atoms with Crippen LogP contribution in [0.15, 0.2) is 70.7 Å². The third-order valence-corrected chi connectivity index (χ3v) is 5.84. The Morgan fingerprint density at radius 3 is 2.77 bits per heavy atom. The Morgan fingerprint density at radius 2 is 2.04 bits per heavy atom. The highest BCUT2D eigenvalue weighted by Crippen LogP contribution is 2.45. The number of fused-ring (bicyclic) bond motifs is 1. The van der Waals surface area contributed by atoms with Crippen molar-refractivity contribution >= 4 is 29.0 Å². The van der Waals surface area contributed by atoms with Crippen LogP contribution >= 0.6 is 11.8 Å². The summed E-state index contributed by atoms with van der Waals surface area (Å²) >= 11 is 1.73. The van der Waals surface area contributed by atoms with Gasteiger partial charge in [0, 0.05) is 39.8 Å². The summed E-state index contributed by atoms with van der Waals surface area (Å²) in [7, 11) is 0. The average Bonchev–Trinajstić information content (AvgIpc) is 3.05. The van der Waals surface area contributed by atoms with Gasteiger partial charge >= 0.3 is 5.97 Å². The molecule has 2 N–H and O–H groups in total. The van der Waals surface area contributed by atoms with Gasteiger partial charge in [0.1, 0.15) is 0 Å². The molecule has 2 aromatic rings. The van der Waals surface area contributed by atoms with Crippen LogP contribution in [0.1, 0.15) is 19.4 Å². The molecule has 3 heterocycles. The largest absolute Gasteiger partial charge is 0.478 e. The molecule has 6 heteroatoms. The number of dihydropyridines is 1. The van der Waals surface area contributed by atoms with Crippen LogP contribution in [0.4, 0.5) is 5.69 Å². The molecule has 0 spiro atoms. The number of benzene rings is 1. The van der Waals surface area contributed by atoms with Crippen molar-refractivity contribution in [3.63, 3.8) is 0 Å². The van der Waals surface area contributed by atoms with Crippen LogP contribution in [0.5, 0.6) is 0 Å². The van der Waals surface area contributed by atoms with Gasteiger partial charge in [-0.1, -0.05) is 18.2 Å². The smallest absolute Gasteiger partial charge is 0.335 e. The van der Waals surface area contributed by atoms with E-state index in [1.165, 1.54) is 4.90 Å². The number of nitrogens with one attached hydrogen (secondary N) is 1. The number of hydrogen-bond donors (Lipinski definition) is 2. The van der Waals surface area contributed by atoms with Gasteiger partial charge in [-0.15, -0.1) is 11.8 Å². The van der Waals surface area contributed by atoms with Crippen LogP contribution in [0.2, 0.25) is 0 Å². The van der Waals surface area contributed by atoms with Gasteiger partial charge in [-0.05, 0) is 32.0 Å². The zero-order valence-corrected chi connectivity index (χ0v) is 15.4. The number of thioether (sulfide) groups is 1. The van der Waals surface area contributed by atoms with Gasteiger partial charge in [0.15, 0.2) is 0 Å². The van der Waals surface area contributed by atoms with E-state index in [2.05, 4.69) is 27.3 Å². The number of hydrogen-bond acceptors (Lipinski definition) is 5. The van der Waals surface area contributed by atoms with Crippen LogP contribution < -0.4 is 10.2 Å². The lowest BCUT2D eigenvalue weighted by molar-refractivity contribution is -0.132. The van der Waals surface area contributed by atoms with Crippen molar-refractivity contribution in [1.29, 1.82) is 0 Å². The second-order valence-corrected chi connectivity index (χ2v) is 7.35. The van der Waals surface area contributed by atoms with E-state index in [1.807, 2.05) is 38.1 Å². The fourth-order valence-electron chi connectivity index (χ4n) is 3.69. The van der Waals surface area contributed by atoms with E-state index >= 15 is 0 Å². The first-order valence-corrected chi connectivity index (χ1v) is 9.37. The Bertz CT molecular complexity index is 937. The van der Waals surface area contributed by atoms with Gasteiger partial charge < -0.3 is 15.3 Å². The highest BCUT2D eigenvalue weighted by atomic mass is 32.2. The molecule has 0 radical (unpaired) electrons. The van der Waals surface area contributed by atoms with E-state index in [4.69, 9.17) is 0 Å². The number of carboxylic acid groups (broad SMARTS) is 1. The Labute approximate surface area is 156 Å². The molecule has 0 amide bonds. The Hall–Kier alpha value is -2.73. The van der Waals surface area contributed by atoms with Crippen molar-refractivity contribution in [2.45, 2.75) is 24.8 Å². The molecule has 0 aliphatic carbocycles. The number of carboxylic acids is 1. The Balaban J connectivity index is 1.91. The highest BCUT2D eigenvalue weighted by molar-refractivity contribution is 7.99. The maximum absolute atomic E-state index is 12.2. The van der Waals surface area contributed by atoms with Gasteiger partial charge in [-0.2, -0.15) is 0 Å². The molecule has 0 saturated heterocycles. The maximum atomic E-state index is 12.2. The first-order valence-electron chi connectivity index (χ1n) is 8.38. The molecule has 1 aromatic heterocycles. The zero-order valence-electron chi connectivity index (χ0n) is 14.6. The monoisotopic (exact) mass is 365 g/mol. The summed E-state index contributed by atoms with van der Waals surface area (Å²) in [5.74, 6) is -0.186. The third kappa shape index (κ3) is 2.66. The molecule has 2 aliphatic rings. The van der Waals surface area contributed by atoms with Gasteiger partial charge in [-0.25, -0.2) is 4.79 Å². The number of rotatable bonds is 3. The molecule has 1 unspecified atom stereocenters. The first-order chi connectivity index (χ1) is 12.6. The van der Waals surface area contributed by atoms with Crippen LogP contribution in [0.25, 0.3) is 5.57 Å². The molecule has 26 heavy (non-hydrogen) atoms. The number of pyridine rings is 1. The maximum Gasteiger partial charge on any atom is 0.335 e. The lowest BCUT2D eigenvalue weighted by atomic mass is 9.87. The predicted molar refractivity (Wildman–Crippen MR) is 104 cm³/mol. The zero-order chi connectivity index (χ0) is 18.3. The SMILES string of the molecule is CC1=C(C(=O)O)C(N2CSc3ccccc32)C(c2cccnc2)=C(C)N1. The summed E-state index contributed by atoms with van der Waals surface area (Å²) in [6, 6.07) is 11.6. The van der Waals surface area contributed by atoms with Crippen molar-refractivity contribution in [2.24, 2.45) is 0 Å². The van der Waals surface area contributed by atoms with Gasteiger partial charge in [-0.3, -0.25) is 4.98 Å². The Kier molecular flexibility index (Phi) is 4.20. The van der Waals surface area contributed by atoms with E-state index in [0.717, 1.165) is 22.5 Å². The molecular weight excluding hydrogens is 346 g/mol. The van der Waals surface area contributed by atoms with Crippen molar-refractivity contribution < 1.29 is 9.90 Å². The molecule has 4 rings (SSSR count). The predicted octanol–water partition coefficient (Wildman–Crippen LogP) is 3.71. The minimum absolute atomic E-state index is 0.367. The van der Waals surface area contributed by atoms with Gasteiger partial charge in [0.25, 0.3) is 0 Å². The number of nitrogens with zero attached hydrogens (tertiary/aromatic N) is 2. The molecule has 0 saturated carbocycles. The summed E-state index contributed by atoms with van der Waals surface area (Å²) in [5, 5.41) is 13.2. The highest BCUT2D eigenvalue weighted by Gasteiger charge is 2.39. The standard InChI is InChI=1S/C20H19N3O2S/c1-12-17(14-6-5-9-21-10-14)19(18(20(24)25)13(2)22-12)23-11-26-16-8-4-3-7-15(16)23/h3-10,19,22H,11H2,1-2H3,(H,24,25). The van der Waals surface area contributed by atoms with Crippen LogP contribution in [-0.4, -0.2) is 28.0 Å². The second kappa shape index (κ2) is 6.53. The quantitative estimate of drug-likeness (QED) is 0.864. The lowest BCUT2D eigenvalue weighted by Crippen LogP contribution is -2.43. The Morgan fingerprint density at radius 1 is 1.23 bits per heavy atom. The normalized spacial score (nSPS) is 19.5. The first kappa shape index (κ1) is 16.7. The summed E-state index contributed by atoms with van der Waals surface area (Å²) in [4.78, 5) is 19.8. The molecule has 5 nitrogen and oxygen atoms in total. The van der Waals surface area contributed by atoms with E-state index in [-0.39, 0.29) is 6.04 Å². The molecule has 2 aliphatic heterocycles. The average molecular weight is 365 g/mol. The van der Waals surface area contributed by atoms with Crippen molar-refractivity contribution in [3.05, 3.63) is 71.3 Å². The number of aliphatic carboxylic acids is 1.